The minimum absolute atomic E-state index is 0.0520. The third-order valence-corrected chi connectivity index (χ3v) is 5.38. The molecule has 0 amide bonds. The fraction of sp³-hybridized carbons (Fsp3) is 0.409. The highest BCUT2D eigenvalue weighted by molar-refractivity contribution is 5.96. The molecule has 0 aliphatic carbocycles. The number of ketones is 1. The molecule has 0 radical (unpaired) electrons. The Labute approximate surface area is 158 Å². The van der Waals surface area contributed by atoms with Crippen molar-refractivity contribution in [3.05, 3.63) is 70.8 Å². The Kier molecular flexibility index (Phi) is 6.02. The van der Waals surface area contributed by atoms with Gasteiger partial charge in [0.05, 0.1) is 11.2 Å². The highest BCUT2D eigenvalue weighted by Gasteiger charge is 2.33. The van der Waals surface area contributed by atoms with Crippen LogP contribution in [0, 0.1) is 18.6 Å². The van der Waals surface area contributed by atoms with E-state index in [4.69, 9.17) is 0 Å². The first kappa shape index (κ1) is 19.6. The molecule has 1 N–H and O–H groups in total. The van der Waals surface area contributed by atoms with E-state index in [2.05, 4.69) is 4.90 Å². The van der Waals surface area contributed by atoms with Crippen LogP contribution in [-0.2, 0) is 5.60 Å². The topological polar surface area (TPSA) is 40.5 Å². The van der Waals surface area contributed by atoms with Gasteiger partial charge in [0.15, 0.2) is 5.78 Å². The van der Waals surface area contributed by atoms with Crippen LogP contribution in [0.3, 0.4) is 0 Å². The van der Waals surface area contributed by atoms with Crippen LogP contribution in [0.5, 0.6) is 0 Å². The molecule has 1 heterocycles. The van der Waals surface area contributed by atoms with Gasteiger partial charge in [0, 0.05) is 25.6 Å². The van der Waals surface area contributed by atoms with E-state index in [9.17, 15) is 18.7 Å². The van der Waals surface area contributed by atoms with Crippen LogP contribution in [0.4, 0.5) is 8.78 Å². The molecule has 0 bridgehead atoms. The lowest BCUT2D eigenvalue weighted by atomic mass is 9.84. The highest BCUT2D eigenvalue weighted by atomic mass is 19.1. The number of aliphatic hydroxyl groups is 1. The molecule has 2 aromatic rings. The van der Waals surface area contributed by atoms with Crippen LogP contribution in [0.2, 0.25) is 0 Å². The average Bonchev–Trinajstić information content (AvgIpc) is 2.64. The zero-order chi connectivity index (χ0) is 19.4. The molecule has 0 unspecified atom stereocenters. The van der Waals surface area contributed by atoms with Crippen molar-refractivity contribution in [3.8, 4) is 0 Å². The summed E-state index contributed by atoms with van der Waals surface area (Å²) >= 11 is 0. The first-order valence-corrected chi connectivity index (χ1v) is 9.37. The Morgan fingerprint density at radius 1 is 1.11 bits per heavy atom. The monoisotopic (exact) mass is 373 g/mol. The molecule has 144 valence electrons. The number of hydrogen-bond acceptors (Lipinski definition) is 3. The highest BCUT2D eigenvalue weighted by Crippen LogP contribution is 2.33. The summed E-state index contributed by atoms with van der Waals surface area (Å²) < 4.78 is 26.6. The fourth-order valence-corrected chi connectivity index (χ4v) is 3.61. The largest absolute Gasteiger partial charge is 0.385 e. The number of rotatable bonds is 6. The number of benzene rings is 2. The maximum absolute atomic E-state index is 13.7. The SMILES string of the molecule is Cc1ccc(C2(O)CCN(CCCC(=O)c3ccc(F)cc3F)CC2)cc1. The molecule has 3 nitrogen and oxygen atoms in total. The fourth-order valence-electron chi connectivity index (χ4n) is 3.61. The molecule has 0 saturated carbocycles. The van der Waals surface area contributed by atoms with Crippen LogP contribution in [0.15, 0.2) is 42.5 Å². The van der Waals surface area contributed by atoms with Crippen LogP contribution in [0.25, 0.3) is 0 Å². The van der Waals surface area contributed by atoms with Gasteiger partial charge in [-0.3, -0.25) is 4.79 Å². The minimum atomic E-state index is -0.805. The van der Waals surface area contributed by atoms with Gasteiger partial charge in [0.1, 0.15) is 11.6 Å². The summed E-state index contributed by atoms with van der Waals surface area (Å²) in [5.41, 5.74) is 1.28. The van der Waals surface area contributed by atoms with Crippen LogP contribution in [-0.4, -0.2) is 35.4 Å². The Bertz CT molecular complexity index is 796. The molecular weight excluding hydrogens is 348 g/mol. The number of carbonyl (C=O) groups is 1. The predicted molar refractivity (Wildman–Crippen MR) is 101 cm³/mol. The number of piperidine rings is 1. The van der Waals surface area contributed by atoms with Gasteiger partial charge in [-0.25, -0.2) is 8.78 Å². The molecule has 1 aliphatic rings. The van der Waals surface area contributed by atoms with Crippen LogP contribution >= 0.6 is 0 Å². The summed E-state index contributed by atoms with van der Waals surface area (Å²) in [5.74, 6) is -1.79. The first-order chi connectivity index (χ1) is 12.9. The van der Waals surface area contributed by atoms with Crippen molar-refractivity contribution in [2.45, 2.75) is 38.2 Å². The lowest BCUT2D eigenvalue weighted by molar-refractivity contribution is -0.0260. The number of halogens is 2. The molecule has 1 aliphatic heterocycles. The number of hydrogen-bond donors (Lipinski definition) is 1. The number of nitrogens with zero attached hydrogens (tertiary/aromatic N) is 1. The molecule has 3 rings (SSSR count). The third kappa shape index (κ3) is 4.79. The van der Waals surface area contributed by atoms with Gasteiger partial charge in [-0.1, -0.05) is 29.8 Å². The summed E-state index contributed by atoms with van der Waals surface area (Å²) in [4.78, 5) is 14.3. The van der Waals surface area contributed by atoms with E-state index in [0.29, 0.717) is 19.3 Å². The van der Waals surface area contributed by atoms with E-state index >= 15 is 0 Å². The molecule has 2 aromatic carbocycles. The number of likely N-dealkylation sites (tertiary alicyclic amines) is 1. The van der Waals surface area contributed by atoms with Crippen molar-refractivity contribution in [1.29, 1.82) is 0 Å². The Morgan fingerprint density at radius 2 is 1.78 bits per heavy atom. The normalized spacial score (nSPS) is 17.0. The Hall–Kier alpha value is -2.11. The Morgan fingerprint density at radius 3 is 2.41 bits per heavy atom. The summed E-state index contributed by atoms with van der Waals surface area (Å²) in [7, 11) is 0. The molecule has 1 saturated heterocycles. The van der Waals surface area contributed by atoms with Gasteiger partial charge in [0.25, 0.3) is 0 Å². The van der Waals surface area contributed by atoms with Gasteiger partial charge in [-0.05, 0) is 50.4 Å². The molecule has 1 fully saturated rings. The van der Waals surface area contributed by atoms with Crippen molar-refractivity contribution in [2.24, 2.45) is 0 Å². The van der Waals surface area contributed by atoms with Crippen molar-refractivity contribution in [3.63, 3.8) is 0 Å². The van der Waals surface area contributed by atoms with Crippen molar-refractivity contribution in [2.75, 3.05) is 19.6 Å². The molecule has 0 spiro atoms. The van der Waals surface area contributed by atoms with Gasteiger partial charge in [0.2, 0.25) is 0 Å². The van der Waals surface area contributed by atoms with Gasteiger partial charge in [-0.2, -0.15) is 0 Å². The summed E-state index contributed by atoms with van der Waals surface area (Å²) in [6, 6.07) is 11.0. The maximum Gasteiger partial charge on any atom is 0.165 e. The molecule has 5 heteroatoms. The smallest absolute Gasteiger partial charge is 0.165 e. The van der Waals surface area contributed by atoms with E-state index in [0.717, 1.165) is 37.3 Å². The number of carbonyl (C=O) groups excluding carboxylic acids is 1. The van der Waals surface area contributed by atoms with E-state index in [1.54, 1.807) is 0 Å². The maximum atomic E-state index is 13.7. The number of Topliss-reactive ketones (excluding diaryl/α,β-unsaturated/α-hetero) is 1. The third-order valence-electron chi connectivity index (χ3n) is 5.38. The van der Waals surface area contributed by atoms with Crippen LogP contribution in [0.1, 0.15) is 47.2 Å². The molecular formula is C22H25F2NO2. The lowest BCUT2D eigenvalue weighted by Crippen LogP contribution is -2.42. The van der Waals surface area contributed by atoms with Crippen LogP contribution < -0.4 is 0 Å². The summed E-state index contributed by atoms with van der Waals surface area (Å²) in [6.45, 7) is 4.25. The number of aryl methyl sites for hydroxylation is 1. The zero-order valence-corrected chi connectivity index (χ0v) is 15.5. The quantitative estimate of drug-likeness (QED) is 0.771. The molecule has 0 atom stereocenters. The average molecular weight is 373 g/mol. The van der Waals surface area contributed by atoms with E-state index < -0.39 is 17.2 Å². The standard InChI is InChI=1S/C22H25F2NO2/c1-16-4-6-17(7-5-16)22(27)10-13-25(14-11-22)12-2-3-21(26)19-9-8-18(23)15-20(19)24/h4-9,15,27H,2-3,10-14H2,1H3. The Balaban J connectivity index is 1.47. The van der Waals surface area contributed by atoms with E-state index in [-0.39, 0.29) is 17.8 Å². The molecule has 0 aromatic heterocycles. The zero-order valence-electron chi connectivity index (χ0n) is 15.5. The van der Waals surface area contributed by atoms with E-state index in [1.165, 1.54) is 11.6 Å². The van der Waals surface area contributed by atoms with Crippen molar-refractivity contribution >= 4 is 5.78 Å². The lowest BCUT2D eigenvalue weighted by Gasteiger charge is -2.38. The minimum Gasteiger partial charge on any atom is -0.385 e. The first-order valence-electron chi connectivity index (χ1n) is 9.37. The van der Waals surface area contributed by atoms with Gasteiger partial charge in [-0.15, -0.1) is 0 Å². The summed E-state index contributed by atoms with van der Waals surface area (Å²) in [6.07, 6.45) is 2.13. The predicted octanol–water partition coefficient (Wildman–Crippen LogP) is 4.22. The van der Waals surface area contributed by atoms with Gasteiger partial charge >= 0.3 is 0 Å². The van der Waals surface area contributed by atoms with E-state index in [1.807, 2.05) is 31.2 Å². The summed E-state index contributed by atoms with van der Waals surface area (Å²) in [5, 5.41) is 10.9. The molecule has 27 heavy (non-hydrogen) atoms. The second-order valence-corrected chi connectivity index (χ2v) is 7.39. The van der Waals surface area contributed by atoms with Gasteiger partial charge < -0.3 is 10.0 Å². The second kappa shape index (κ2) is 8.28. The van der Waals surface area contributed by atoms with Crippen molar-refractivity contribution in [1.82, 2.24) is 4.90 Å². The van der Waals surface area contributed by atoms with Crippen molar-refractivity contribution < 1.29 is 18.7 Å². The second-order valence-electron chi connectivity index (χ2n) is 7.39.